The number of hydrogen-bond donors (Lipinski definition) is 0. The van der Waals surface area contributed by atoms with Crippen molar-refractivity contribution in [1.82, 2.24) is 9.80 Å². The summed E-state index contributed by atoms with van der Waals surface area (Å²) in [6.07, 6.45) is 0. The smallest absolute Gasteiger partial charge is 0.0625 e. The second-order valence-electron chi connectivity index (χ2n) is 13.1. The van der Waals surface area contributed by atoms with Gasteiger partial charge in [0.1, 0.15) is 0 Å². The van der Waals surface area contributed by atoms with Crippen LogP contribution < -0.4 is 0 Å². The van der Waals surface area contributed by atoms with Crippen LogP contribution >= 0.6 is 0 Å². The maximum Gasteiger partial charge on any atom is 0.0625 e. The molecule has 1 heterocycles. The first-order valence-corrected chi connectivity index (χ1v) is 16.9. The molecular weight excluding hydrogens is 569 g/mol. The molecule has 0 saturated carbocycles. The second-order valence-corrected chi connectivity index (χ2v) is 13.1. The Hall–Kier alpha value is -4.76. The molecule has 6 aromatic rings. The summed E-state index contributed by atoms with van der Waals surface area (Å²) in [7, 11) is 0. The van der Waals surface area contributed by atoms with Crippen LogP contribution in [0.15, 0.2) is 158 Å². The summed E-state index contributed by atoms with van der Waals surface area (Å²) in [5, 5.41) is 0. The van der Waals surface area contributed by atoms with E-state index in [4.69, 9.17) is 0 Å². The first-order valence-electron chi connectivity index (χ1n) is 16.9. The highest BCUT2D eigenvalue weighted by molar-refractivity contribution is 5.45. The molecule has 0 N–H and O–H groups in total. The zero-order valence-corrected chi connectivity index (χ0v) is 27.9. The zero-order valence-electron chi connectivity index (χ0n) is 27.9. The molecule has 0 radical (unpaired) electrons. The van der Waals surface area contributed by atoms with E-state index in [1.807, 2.05) is 0 Å². The maximum absolute atomic E-state index is 2.79. The van der Waals surface area contributed by atoms with Crippen LogP contribution in [0.2, 0.25) is 0 Å². The fourth-order valence-corrected chi connectivity index (χ4v) is 7.88. The average molecular weight is 613 g/mol. The van der Waals surface area contributed by atoms with Crippen molar-refractivity contribution in [2.45, 2.75) is 51.9 Å². The van der Waals surface area contributed by atoms with Crippen LogP contribution in [0.25, 0.3) is 0 Å². The normalized spacial score (nSPS) is 17.1. The third kappa shape index (κ3) is 5.96. The van der Waals surface area contributed by atoms with Crippen LogP contribution in [0.3, 0.4) is 0 Å². The molecule has 1 fully saturated rings. The van der Waals surface area contributed by atoms with Gasteiger partial charge in [-0.05, 0) is 83.3 Å². The van der Waals surface area contributed by atoms with Crippen molar-refractivity contribution < 1.29 is 0 Å². The van der Waals surface area contributed by atoms with E-state index in [0.29, 0.717) is 0 Å². The first kappa shape index (κ1) is 30.9. The largest absolute Gasteiger partial charge is 0.270 e. The minimum atomic E-state index is 0.0632. The van der Waals surface area contributed by atoms with Gasteiger partial charge in [-0.2, -0.15) is 0 Å². The molecule has 0 spiro atoms. The molecule has 2 heteroatoms. The molecule has 234 valence electrons. The molecule has 0 bridgehead atoms. The van der Waals surface area contributed by atoms with Crippen molar-refractivity contribution in [3.05, 3.63) is 213 Å². The molecule has 7 rings (SSSR count). The zero-order chi connectivity index (χ0) is 32.3. The number of hydrogen-bond acceptors (Lipinski definition) is 2. The Bertz CT molecular complexity index is 1710. The maximum atomic E-state index is 2.79. The van der Waals surface area contributed by atoms with Crippen LogP contribution in [-0.2, 0) is 0 Å². The summed E-state index contributed by atoms with van der Waals surface area (Å²) >= 11 is 0. The van der Waals surface area contributed by atoms with Gasteiger partial charge in [0, 0.05) is 0 Å². The standard InChI is InChI=1S/C45H44N2/c1-32-19-11-15-27-38(32)44(39-28-16-12-20-33(39)2)46-31-47(43(37-25-9-6-10-26-37)42(46)36-23-7-5-8-24-36)45(40-29-17-13-21-34(40)3)41-30-18-14-22-35(41)4/h5-30,42-45H,31H2,1-4H3/t42-,43-/m0/s1. The lowest BCUT2D eigenvalue weighted by molar-refractivity contribution is 0.163. The van der Waals surface area contributed by atoms with E-state index in [0.717, 1.165) is 6.67 Å². The predicted molar refractivity (Wildman–Crippen MR) is 195 cm³/mol. The molecule has 1 aliphatic heterocycles. The summed E-state index contributed by atoms with van der Waals surface area (Å²) < 4.78 is 0. The van der Waals surface area contributed by atoms with Crippen LogP contribution in [0.1, 0.15) is 79.8 Å². The fraction of sp³-hybridized carbons (Fsp3) is 0.200. The van der Waals surface area contributed by atoms with Gasteiger partial charge in [-0.25, -0.2) is 0 Å². The molecule has 2 atom stereocenters. The van der Waals surface area contributed by atoms with Gasteiger partial charge in [0.05, 0.1) is 30.8 Å². The Balaban J connectivity index is 1.53. The molecule has 47 heavy (non-hydrogen) atoms. The van der Waals surface area contributed by atoms with Crippen molar-refractivity contribution in [1.29, 1.82) is 0 Å². The van der Waals surface area contributed by atoms with Crippen LogP contribution in [0.4, 0.5) is 0 Å². The number of aryl methyl sites for hydroxylation is 4. The van der Waals surface area contributed by atoms with Crippen molar-refractivity contribution >= 4 is 0 Å². The van der Waals surface area contributed by atoms with E-state index < -0.39 is 0 Å². The van der Waals surface area contributed by atoms with Crippen LogP contribution in [0.5, 0.6) is 0 Å². The Labute approximate surface area is 281 Å². The summed E-state index contributed by atoms with van der Waals surface area (Å²) in [5.74, 6) is 0. The summed E-state index contributed by atoms with van der Waals surface area (Å²) in [4.78, 5) is 5.59. The molecular formula is C45H44N2. The highest BCUT2D eigenvalue weighted by atomic mass is 15.4. The van der Waals surface area contributed by atoms with Crippen molar-refractivity contribution in [2.75, 3.05) is 6.67 Å². The molecule has 1 saturated heterocycles. The summed E-state index contributed by atoms with van der Waals surface area (Å²) in [5.41, 5.74) is 13.4. The average Bonchev–Trinajstić information content (AvgIpc) is 3.49. The second kappa shape index (κ2) is 13.5. The molecule has 0 amide bonds. The van der Waals surface area contributed by atoms with Crippen LogP contribution in [-0.4, -0.2) is 16.5 Å². The van der Waals surface area contributed by atoms with Gasteiger partial charge in [0.25, 0.3) is 0 Å². The monoisotopic (exact) mass is 612 g/mol. The van der Waals surface area contributed by atoms with Gasteiger partial charge in [-0.1, -0.05) is 158 Å². The Morgan fingerprint density at radius 2 is 0.617 bits per heavy atom. The first-order chi connectivity index (χ1) is 23.0. The predicted octanol–water partition coefficient (Wildman–Crippen LogP) is 10.9. The molecule has 0 aromatic heterocycles. The van der Waals surface area contributed by atoms with E-state index in [1.165, 1.54) is 55.6 Å². The fourth-order valence-electron chi connectivity index (χ4n) is 7.88. The number of rotatable bonds is 8. The van der Waals surface area contributed by atoms with Crippen LogP contribution in [0, 0.1) is 27.7 Å². The van der Waals surface area contributed by atoms with Crippen molar-refractivity contribution in [3.8, 4) is 0 Å². The van der Waals surface area contributed by atoms with Crippen molar-refractivity contribution in [3.63, 3.8) is 0 Å². The van der Waals surface area contributed by atoms with Gasteiger partial charge in [0.15, 0.2) is 0 Å². The third-order valence-corrected chi connectivity index (χ3v) is 10.2. The topological polar surface area (TPSA) is 6.48 Å². The molecule has 2 nitrogen and oxygen atoms in total. The van der Waals surface area contributed by atoms with E-state index in [-0.39, 0.29) is 24.2 Å². The van der Waals surface area contributed by atoms with E-state index >= 15 is 0 Å². The number of nitrogens with zero attached hydrogens (tertiary/aromatic N) is 2. The van der Waals surface area contributed by atoms with Gasteiger partial charge in [-0.15, -0.1) is 0 Å². The molecule has 0 aliphatic carbocycles. The third-order valence-electron chi connectivity index (χ3n) is 10.2. The minimum Gasteiger partial charge on any atom is -0.270 e. The quantitative estimate of drug-likeness (QED) is 0.169. The lowest BCUT2D eigenvalue weighted by atomic mass is 9.86. The van der Waals surface area contributed by atoms with E-state index in [9.17, 15) is 0 Å². The Morgan fingerprint density at radius 3 is 0.894 bits per heavy atom. The lowest BCUT2D eigenvalue weighted by Gasteiger charge is -2.37. The highest BCUT2D eigenvalue weighted by Crippen LogP contribution is 2.54. The van der Waals surface area contributed by atoms with E-state index in [2.05, 4.69) is 195 Å². The number of benzene rings is 6. The minimum absolute atomic E-state index is 0.0632. The lowest BCUT2D eigenvalue weighted by Crippen LogP contribution is -2.34. The summed E-state index contributed by atoms with van der Waals surface area (Å²) in [6.45, 7) is 9.86. The van der Waals surface area contributed by atoms with Gasteiger partial charge < -0.3 is 0 Å². The molecule has 1 aliphatic rings. The SMILES string of the molecule is Cc1ccccc1C(c1ccccc1C)N1CN(C(c2ccccc2C)c2ccccc2C)[C@@H](c2ccccc2)[C@@H]1c1ccccc1. The Kier molecular flexibility index (Phi) is 8.89. The molecule has 6 aromatic carbocycles. The van der Waals surface area contributed by atoms with Gasteiger partial charge in [0.2, 0.25) is 0 Å². The van der Waals surface area contributed by atoms with Gasteiger partial charge >= 0.3 is 0 Å². The van der Waals surface area contributed by atoms with E-state index in [1.54, 1.807) is 0 Å². The Morgan fingerprint density at radius 1 is 0.362 bits per heavy atom. The molecule has 0 unspecified atom stereocenters. The summed E-state index contributed by atoms with van der Waals surface area (Å²) in [6, 6.07) is 58.7. The van der Waals surface area contributed by atoms with Crippen molar-refractivity contribution in [2.24, 2.45) is 0 Å². The van der Waals surface area contributed by atoms with Gasteiger partial charge in [-0.3, -0.25) is 9.80 Å². The highest BCUT2D eigenvalue weighted by Gasteiger charge is 2.48.